The number of urea groups is 1. The topological polar surface area (TPSA) is 91.5 Å². The Balaban J connectivity index is 1.75. The van der Waals surface area contributed by atoms with E-state index in [1.54, 1.807) is 31.3 Å². The first kappa shape index (κ1) is 16.3. The Kier molecular flexibility index (Phi) is 6.17. The van der Waals surface area contributed by atoms with Gasteiger partial charge in [-0.15, -0.1) is 0 Å². The third kappa shape index (κ3) is 5.34. The minimum absolute atomic E-state index is 0.113. The highest BCUT2D eigenvalue weighted by Crippen LogP contribution is 2.14. The van der Waals surface area contributed by atoms with Gasteiger partial charge in [0.05, 0.1) is 12.6 Å². The number of nitrogens with one attached hydrogen (secondary N) is 4. The van der Waals surface area contributed by atoms with Crippen LogP contribution in [0, 0.1) is 0 Å². The highest BCUT2D eigenvalue weighted by atomic mass is 16.5. The summed E-state index contributed by atoms with van der Waals surface area (Å²) in [7, 11) is 1.71. The molecular formula is C15H22N4O3. The lowest BCUT2D eigenvalue weighted by atomic mass is 10.2. The standard InChI is InChI=1S/C15H22N4O3/c1-16-10-14(20)18-11-4-6-12(7-5-11)19-15(21)17-9-13-3-2-8-22-13/h4-7,13,16H,2-3,8-10H2,1H3,(H,18,20)(H2,17,19,21). The molecule has 0 aliphatic carbocycles. The molecule has 1 aromatic rings. The quantitative estimate of drug-likeness (QED) is 0.634. The smallest absolute Gasteiger partial charge is 0.319 e. The fourth-order valence-electron chi connectivity index (χ4n) is 2.19. The maximum Gasteiger partial charge on any atom is 0.319 e. The van der Waals surface area contributed by atoms with E-state index in [-0.39, 0.29) is 24.6 Å². The third-order valence-corrected chi connectivity index (χ3v) is 3.28. The average molecular weight is 306 g/mol. The van der Waals surface area contributed by atoms with Gasteiger partial charge in [-0.25, -0.2) is 4.79 Å². The summed E-state index contributed by atoms with van der Waals surface area (Å²) in [6.07, 6.45) is 2.16. The number of rotatable bonds is 6. The summed E-state index contributed by atoms with van der Waals surface area (Å²) in [6, 6.07) is 6.69. The van der Waals surface area contributed by atoms with Crippen LogP contribution in [0.1, 0.15) is 12.8 Å². The van der Waals surface area contributed by atoms with E-state index in [0.29, 0.717) is 17.9 Å². The monoisotopic (exact) mass is 306 g/mol. The maximum atomic E-state index is 11.8. The van der Waals surface area contributed by atoms with E-state index >= 15 is 0 Å². The van der Waals surface area contributed by atoms with Crippen molar-refractivity contribution in [2.75, 3.05) is 37.4 Å². The van der Waals surface area contributed by atoms with Crippen molar-refractivity contribution in [3.05, 3.63) is 24.3 Å². The number of likely N-dealkylation sites (N-methyl/N-ethyl adjacent to an activating group) is 1. The van der Waals surface area contributed by atoms with Crippen LogP contribution in [-0.4, -0.2) is 44.8 Å². The van der Waals surface area contributed by atoms with Gasteiger partial charge in [0.1, 0.15) is 0 Å². The minimum atomic E-state index is -0.262. The van der Waals surface area contributed by atoms with Crippen molar-refractivity contribution in [1.29, 1.82) is 0 Å². The number of ether oxygens (including phenoxy) is 1. The number of amides is 3. The Morgan fingerprint density at radius 3 is 2.45 bits per heavy atom. The van der Waals surface area contributed by atoms with Crippen LogP contribution >= 0.6 is 0 Å². The number of carbonyl (C=O) groups is 2. The van der Waals surface area contributed by atoms with E-state index in [2.05, 4.69) is 21.3 Å². The SMILES string of the molecule is CNCC(=O)Nc1ccc(NC(=O)NCC2CCCO2)cc1. The van der Waals surface area contributed by atoms with Crippen molar-refractivity contribution >= 4 is 23.3 Å². The molecule has 1 aromatic carbocycles. The first-order chi connectivity index (χ1) is 10.7. The third-order valence-electron chi connectivity index (χ3n) is 3.28. The highest BCUT2D eigenvalue weighted by molar-refractivity contribution is 5.93. The second-order valence-corrected chi connectivity index (χ2v) is 5.13. The van der Waals surface area contributed by atoms with Crippen LogP contribution in [0.2, 0.25) is 0 Å². The second kappa shape index (κ2) is 8.35. The number of anilines is 2. The average Bonchev–Trinajstić information content (AvgIpc) is 3.01. The molecule has 2 rings (SSSR count). The maximum absolute atomic E-state index is 11.8. The summed E-state index contributed by atoms with van der Waals surface area (Å²) in [5.41, 5.74) is 1.35. The van der Waals surface area contributed by atoms with Crippen LogP contribution in [0.15, 0.2) is 24.3 Å². The van der Waals surface area contributed by atoms with E-state index in [0.717, 1.165) is 19.4 Å². The molecule has 1 fully saturated rings. The normalized spacial score (nSPS) is 17.0. The molecule has 1 atom stereocenters. The number of carbonyl (C=O) groups excluding carboxylic acids is 2. The molecule has 4 N–H and O–H groups in total. The first-order valence-electron chi connectivity index (χ1n) is 7.38. The summed E-state index contributed by atoms with van der Waals surface area (Å²) in [6.45, 7) is 1.55. The Morgan fingerprint density at radius 1 is 1.18 bits per heavy atom. The van der Waals surface area contributed by atoms with Gasteiger partial charge in [0.2, 0.25) is 5.91 Å². The van der Waals surface area contributed by atoms with Crippen LogP contribution in [0.25, 0.3) is 0 Å². The zero-order valence-electron chi connectivity index (χ0n) is 12.6. The van der Waals surface area contributed by atoms with Crippen LogP contribution in [0.4, 0.5) is 16.2 Å². The van der Waals surface area contributed by atoms with Crippen LogP contribution in [0.3, 0.4) is 0 Å². The van der Waals surface area contributed by atoms with Gasteiger partial charge in [-0.1, -0.05) is 0 Å². The zero-order valence-corrected chi connectivity index (χ0v) is 12.6. The Hall–Kier alpha value is -2.12. The largest absolute Gasteiger partial charge is 0.376 e. The molecule has 1 aliphatic heterocycles. The van der Waals surface area contributed by atoms with Gasteiger partial charge in [-0.3, -0.25) is 4.79 Å². The fourth-order valence-corrected chi connectivity index (χ4v) is 2.19. The molecule has 0 aromatic heterocycles. The van der Waals surface area contributed by atoms with Gasteiger partial charge < -0.3 is 26.0 Å². The number of hydrogen-bond acceptors (Lipinski definition) is 4. The van der Waals surface area contributed by atoms with Gasteiger partial charge in [-0.05, 0) is 44.2 Å². The molecule has 0 saturated carbocycles. The van der Waals surface area contributed by atoms with Crippen molar-refractivity contribution in [1.82, 2.24) is 10.6 Å². The van der Waals surface area contributed by atoms with Gasteiger partial charge in [0.25, 0.3) is 0 Å². The van der Waals surface area contributed by atoms with E-state index in [1.165, 1.54) is 0 Å². The number of benzene rings is 1. The molecule has 1 aliphatic rings. The molecule has 0 radical (unpaired) electrons. The molecular weight excluding hydrogens is 284 g/mol. The Morgan fingerprint density at radius 2 is 1.86 bits per heavy atom. The molecule has 7 heteroatoms. The predicted octanol–water partition coefficient (Wildman–Crippen LogP) is 1.14. The van der Waals surface area contributed by atoms with E-state index < -0.39 is 0 Å². The molecule has 1 heterocycles. The predicted molar refractivity (Wildman–Crippen MR) is 85.0 cm³/mol. The van der Waals surface area contributed by atoms with E-state index in [1.807, 2.05) is 0 Å². The minimum Gasteiger partial charge on any atom is -0.376 e. The fraction of sp³-hybridized carbons (Fsp3) is 0.467. The van der Waals surface area contributed by atoms with E-state index in [9.17, 15) is 9.59 Å². The summed E-state index contributed by atoms with van der Waals surface area (Å²) >= 11 is 0. The van der Waals surface area contributed by atoms with Crippen molar-refractivity contribution in [3.8, 4) is 0 Å². The molecule has 3 amide bonds. The van der Waals surface area contributed by atoms with E-state index in [4.69, 9.17) is 4.74 Å². The highest BCUT2D eigenvalue weighted by Gasteiger charge is 2.16. The summed E-state index contributed by atoms with van der Waals surface area (Å²) in [4.78, 5) is 23.2. The van der Waals surface area contributed by atoms with Gasteiger partial charge >= 0.3 is 6.03 Å². The summed E-state index contributed by atoms with van der Waals surface area (Å²) < 4.78 is 5.44. The van der Waals surface area contributed by atoms with Crippen LogP contribution in [-0.2, 0) is 9.53 Å². The second-order valence-electron chi connectivity index (χ2n) is 5.13. The molecule has 0 spiro atoms. The lowest BCUT2D eigenvalue weighted by molar-refractivity contribution is -0.115. The Labute approximate surface area is 129 Å². The molecule has 1 saturated heterocycles. The lowest BCUT2D eigenvalue weighted by Gasteiger charge is -2.12. The number of hydrogen-bond donors (Lipinski definition) is 4. The van der Waals surface area contributed by atoms with Gasteiger partial charge in [0.15, 0.2) is 0 Å². The first-order valence-corrected chi connectivity index (χ1v) is 7.38. The molecule has 120 valence electrons. The van der Waals surface area contributed by atoms with Crippen molar-refractivity contribution < 1.29 is 14.3 Å². The zero-order chi connectivity index (χ0) is 15.8. The molecule has 0 bridgehead atoms. The lowest BCUT2D eigenvalue weighted by Crippen LogP contribution is -2.35. The van der Waals surface area contributed by atoms with Gasteiger partial charge in [-0.2, -0.15) is 0 Å². The van der Waals surface area contributed by atoms with Crippen molar-refractivity contribution in [3.63, 3.8) is 0 Å². The molecule has 22 heavy (non-hydrogen) atoms. The van der Waals surface area contributed by atoms with Gasteiger partial charge in [0, 0.05) is 24.5 Å². The summed E-state index contributed by atoms with van der Waals surface area (Å²) in [5, 5.41) is 11.0. The molecule has 1 unspecified atom stereocenters. The van der Waals surface area contributed by atoms with Crippen LogP contribution < -0.4 is 21.3 Å². The molecule has 7 nitrogen and oxygen atoms in total. The van der Waals surface area contributed by atoms with Crippen molar-refractivity contribution in [2.45, 2.75) is 18.9 Å². The van der Waals surface area contributed by atoms with Crippen molar-refractivity contribution in [2.24, 2.45) is 0 Å². The summed E-state index contributed by atoms with van der Waals surface area (Å²) in [5.74, 6) is -0.113. The Bertz CT molecular complexity index is 498. The van der Waals surface area contributed by atoms with Crippen LogP contribution in [0.5, 0.6) is 0 Å².